The zero-order valence-electron chi connectivity index (χ0n) is 14.0. The highest BCUT2D eigenvalue weighted by Gasteiger charge is 2.20. The smallest absolute Gasteiger partial charge is 0.257 e. The fourth-order valence-corrected chi connectivity index (χ4v) is 2.69. The summed E-state index contributed by atoms with van der Waals surface area (Å²) in [6.07, 6.45) is 4.13. The Balaban J connectivity index is 1.50. The number of hydrogen-bond acceptors (Lipinski definition) is 5. The Morgan fingerprint density at radius 1 is 1.08 bits per heavy atom. The standard InChI is InChI=1S/C18H23N5O/c1-22-9-11-23(12-10-22)17(24)16-13-20-18(21-14-16)19-8-7-15-5-3-2-4-6-15/h2-6,13-14H,7-12H2,1H3,(H,19,20,21). The molecular weight excluding hydrogens is 302 g/mol. The second kappa shape index (κ2) is 7.88. The molecule has 6 nitrogen and oxygen atoms in total. The van der Waals surface area contributed by atoms with Crippen LogP contribution in [0.25, 0.3) is 0 Å². The van der Waals surface area contributed by atoms with E-state index in [0.717, 1.165) is 39.1 Å². The molecule has 0 unspecified atom stereocenters. The molecule has 0 bridgehead atoms. The average molecular weight is 325 g/mol. The Kier molecular flexibility index (Phi) is 5.38. The molecule has 1 amide bonds. The van der Waals surface area contributed by atoms with Crippen molar-refractivity contribution >= 4 is 11.9 Å². The van der Waals surface area contributed by atoms with Gasteiger partial charge in [-0.2, -0.15) is 0 Å². The molecule has 1 saturated heterocycles. The zero-order chi connectivity index (χ0) is 16.8. The van der Waals surface area contributed by atoms with Crippen LogP contribution in [0.5, 0.6) is 0 Å². The van der Waals surface area contributed by atoms with Gasteiger partial charge >= 0.3 is 0 Å². The fraction of sp³-hybridized carbons (Fsp3) is 0.389. The maximum atomic E-state index is 12.4. The van der Waals surface area contributed by atoms with Crippen molar-refractivity contribution in [3.8, 4) is 0 Å². The largest absolute Gasteiger partial charge is 0.354 e. The van der Waals surface area contributed by atoms with E-state index in [4.69, 9.17) is 0 Å². The number of anilines is 1. The number of nitrogens with one attached hydrogen (secondary N) is 1. The summed E-state index contributed by atoms with van der Waals surface area (Å²) in [6, 6.07) is 10.3. The molecular formula is C18H23N5O. The van der Waals surface area contributed by atoms with Gasteiger partial charge in [-0.15, -0.1) is 0 Å². The summed E-state index contributed by atoms with van der Waals surface area (Å²) in [4.78, 5) is 25.0. The van der Waals surface area contributed by atoms with Crippen molar-refractivity contribution in [2.45, 2.75) is 6.42 Å². The van der Waals surface area contributed by atoms with Crippen LogP contribution in [0.3, 0.4) is 0 Å². The molecule has 0 atom stereocenters. The Morgan fingerprint density at radius 3 is 2.42 bits per heavy atom. The van der Waals surface area contributed by atoms with Gasteiger partial charge in [-0.1, -0.05) is 30.3 Å². The van der Waals surface area contributed by atoms with Crippen LogP contribution in [0, 0.1) is 0 Å². The molecule has 2 aromatic rings. The maximum absolute atomic E-state index is 12.4. The molecule has 1 aromatic carbocycles. The molecule has 3 rings (SSSR count). The second-order valence-corrected chi connectivity index (χ2v) is 6.05. The van der Waals surface area contributed by atoms with Crippen molar-refractivity contribution in [2.24, 2.45) is 0 Å². The Labute approximate surface area is 142 Å². The van der Waals surface area contributed by atoms with E-state index in [9.17, 15) is 4.79 Å². The van der Waals surface area contributed by atoms with Gasteiger partial charge in [0.25, 0.3) is 5.91 Å². The first kappa shape index (κ1) is 16.4. The van der Waals surface area contributed by atoms with Gasteiger partial charge in [0.1, 0.15) is 0 Å². The van der Waals surface area contributed by atoms with Gasteiger partial charge in [-0.05, 0) is 19.0 Å². The number of amides is 1. The van der Waals surface area contributed by atoms with E-state index in [-0.39, 0.29) is 5.91 Å². The molecule has 6 heteroatoms. The lowest BCUT2D eigenvalue weighted by Gasteiger charge is -2.32. The molecule has 126 valence electrons. The predicted molar refractivity (Wildman–Crippen MR) is 94.1 cm³/mol. The van der Waals surface area contributed by atoms with Crippen LogP contribution >= 0.6 is 0 Å². The van der Waals surface area contributed by atoms with E-state index in [1.165, 1.54) is 5.56 Å². The minimum absolute atomic E-state index is 0.0129. The molecule has 2 heterocycles. The van der Waals surface area contributed by atoms with E-state index in [1.54, 1.807) is 12.4 Å². The lowest BCUT2D eigenvalue weighted by atomic mass is 10.1. The topological polar surface area (TPSA) is 61.4 Å². The van der Waals surface area contributed by atoms with E-state index in [1.807, 2.05) is 23.1 Å². The summed E-state index contributed by atoms with van der Waals surface area (Å²) < 4.78 is 0. The number of carbonyl (C=O) groups is 1. The van der Waals surface area contributed by atoms with E-state index in [0.29, 0.717) is 11.5 Å². The highest BCUT2D eigenvalue weighted by atomic mass is 16.2. The Morgan fingerprint density at radius 2 is 1.75 bits per heavy atom. The number of piperazine rings is 1. The van der Waals surface area contributed by atoms with Gasteiger partial charge in [0, 0.05) is 45.1 Å². The molecule has 1 aliphatic rings. The monoisotopic (exact) mass is 325 g/mol. The summed E-state index contributed by atoms with van der Waals surface area (Å²) in [5, 5.41) is 3.19. The average Bonchev–Trinajstić information content (AvgIpc) is 2.63. The first-order valence-corrected chi connectivity index (χ1v) is 8.30. The zero-order valence-corrected chi connectivity index (χ0v) is 14.0. The van der Waals surface area contributed by atoms with E-state index in [2.05, 4.69) is 39.4 Å². The number of likely N-dealkylation sites (N-methyl/N-ethyl adjacent to an activating group) is 1. The minimum Gasteiger partial charge on any atom is -0.354 e. The van der Waals surface area contributed by atoms with Gasteiger partial charge < -0.3 is 15.1 Å². The van der Waals surface area contributed by atoms with Crippen molar-refractivity contribution in [1.29, 1.82) is 0 Å². The number of carbonyl (C=O) groups excluding carboxylic acids is 1. The van der Waals surface area contributed by atoms with Crippen LogP contribution in [0.2, 0.25) is 0 Å². The summed E-state index contributed by atoms with van der Waals surface area (Å²) in [6.45, 7) is 4.09. The van der Waals surface area contributed by atoms with Gasteiger partial charge in [0.15, 0.2) is 0 Å². The van der Waals surface area contributed by atoms with Crippen LogP contribution in [-0.4, -0.2) is 65.4 Å². The van der Waals surface area contributed by atoms with Crippen LogP contribution < -0.4 is 5.32 Å². The van der Waals surface area contributed by atoms with E-state index >= 15 is 0 Å². The molecule has 1 N–H and O–H groups in total. The lowest BCUT2D eigenvalue weighted by molar-refractivity contribution is 0.0663. The van der Waals surface area contributed by atoms with Crippen LogP contribution in [-0.2, 0) is 6.42 Å². The van der Waals surface area contributed by atoms with Crippen LogP contribution in [0.4, 0.5) is 5.95 Å². The summed E-state index contributed by atoms with van der Waals surface area (Å²) >= 11 is 0. The van der Waals surface area contributed by atoms with Crippen LogP contribution in [0.1, 0.15) is 15.9 Å². The van der Waals surface area contributed by atoms with Gasteiger partial charge in [-0.25, -0.2) is 9.97 Å². The van der Waals surface area contributed by atoms with Crippen molar-refractivity contribution in [1.82, 2.24) is 19.8 Å². The van der Waals surface area contributed by atoms with Crippen molar-refractivity contribution in [2.75, 3.05) is 45.1 Å². The summed E-state index contributed by atoms with van der Waals surface area (Å²) in [5.41, 5.74) is 1.82. The number of benzene rings is 1. The lowest BCUT2D eigenvalue weighted by Crippen LogP contribution is -2.47. The normalized spacial score (nSPS) is 15.3. The fourth-order valence-electron chi connectivity index (χ4n) is 2.69. The van der Waals surface area contributed by atoms with Gasteiger partial charge in [0.05, 0.1) is 5.56 Å². The quantitative estimate of drug-likeness (QED) is 0.903. The first-order valence-electron chi connectivity index (χ1n) is 8.30. The molecule has 1 aromatic heterocycles. The van der Waals surface area contributed by atoms with E-state index < -0.39 is 0 Å². The summed E-state index contributed by atoms with van der Waals surface area (Å²) in [5.74, 6) is 0.569. The highest BCUT2D eigenvalue weighted by molar-refractivity contribution is 5.93. The first-order chi connectivity index (χ1) is 11.7. The van der Waals surface area contributed by atoms with Crippen molar-refractivity contribution < 1.29 is 4.79 Å². The number of hydrogen-bond donors (Lipinski definition) is 1. The number of aromatic nitrogens is 2. The van der Waals surface area contributed by atoms with Gasteiger partial charge in [-0.3, -0.25) is 4.79 Å². The number of rotatable bonds is 5. The Bertz CT molecular complexity index is 651. The second-order valence-electron chi connectivity index (χ2n) is 6.05. The SMILES string of the molecule is CN1CCN(C(=O)c2cnc(NCCc3ccccc3)nc2)CC1. The molecule has 0 spiro atoms. The minimum atomic E-state index is 0.0129. The molecule has 1 aliphatic heterocycles. The third-order valence-corrected chi connectivity index (χ3v) is 4.23. The maximum Gasteiger partial charge on any atom is 0.257 e. The van der Waals surface area contributed by atoms with Crippen molar-refractivity contribution in [3.05, 3.63) is 53.9 Å². The summed E-state index contributed by atoms with van der Waals surface area (Å²) in [7, 11) is 2.07. The highest BCUT2D eigenvalue weighted by Crippen LogP contribution is 2.08. The van der Waals surface area contributed by atoms with Gasteiger partial charge in [0.2, 0.25) is 5.95 Å². The molecule has 1 fully saturated rings. The third-order valence-electron chi connectivity index (χ3n) is 4.23. The molecule has 0 radical (unpaired) electrons. The number of nitrogens with zero attached hydrogens (tertiary/aromatic N) is 4. The molecule has 0 aliphatic carbocycles. The Hall–Kier alpha value is -2.47. The van der Waals surface area contributed by atoms with Crippen molar-refractivity contribution in [3.63, 3.8) is 0 Å². The predicted octanol–water partition coefficient (Wildman–Crippen LogP) is 1.52. The van der Waals surface area contributed by atoms with Crippen LogP contribution in [0.15, 0.2) is 42.7 Å². The molecule has 24 heavy (non-hydrogen) atoms. The molecule has 0 saturated carbocycles. The third kappa shape index (κ3) is 4.29.